The van der Waals surface area contributed by atoms with E-state index in [2.05, 4.69) is 39.6 Å². The van der Waals surface area contributed by atoms with Gasteiger partial charge in [0.25, 0.3) is 0 Å². The van der Waals surface area contributed by atoms with Crippen LogP contribution >= 0.6 is 0 Å². The minimum absolute atomic E-state index is 0.0228. The molecule has 0 spiro atoms. The van der Waals surface area contributed by atoms with E-state index in [0.717, 1.165) is 37.6 Å². The van der Waals surface area contributed by atoms with Crippen molar-refractivity contribution >= 4 is 23.0 Å². The second-order valence-electron chi connectivity index (χ2n) is 7.13. The molecule has 1 amide bonds. The van der Waals surface area contributed by atoms with Gasteiger partial charge in [-0.1, -0.05) is 0 Å². The average Bonchev–Trinajstić information content (AvgIpc) is 2.75. The van der Waals surface area contributed by atoms with Crippen molar-refractivity contribution in [2.45, 2.75) is 6.42 Å². The van der Waals surface area contributed by atoms with E-state index in [9.17, 15) is 4.79 Å². The Balaban J connectivity index is 1.45. The summed E-state index contributed by atoms with van der Waals surface area (Å²) in [5.41, 5.74) is 2.90. The first-order chi connectivity index (χ1) is 14.1. The van der Waals surface area contributed by atoms with Crippen LogP contribution in [0.4, 0.5) is 17.1 Å². The lowest BCUT2D eigenvalue weighted by atomic mass is 10.2. The van der Waals surface area contributed by atoms with Crippen LogP contribution in [0.25, 0.3) is 0 Å². The number of benzene rings is 2. The number of nitrogens with one attached hydrogen (secondary N) is 2. The van der Waals surface area contributed by atoms with Crippen LogP contribution in [0.5, 0.6) is 11.5 Å². The van der Waals surface area contributed by atoms with Gasteiger partial charge >= 0.3 is 0 Å². The van der Waals surface area contributed by atoms with E-state index in [-0.39, 0.29) is 5.91 Å². The van der Waals surface area contributed by atoms with Gasteiger partial charge in [-0.2, -0.15) is 0 Å². The number of amides is 1. The first kappa shape index (κ1) is 20.8. The number of carbonyl (C=O) groups is 1. The number of nitrogens with zero attached hydrogens (tertiary/aromatic N) is 2. The fourth-order valence-corrected chi connectivity index (χ4v) is 3.31. The molecule has 1 heterocycles. The van der Waals surface area contributed by atoms with Gasteiger partial charge < -0.3 is 29.9 Å². The Hall–Kier alpha value is -2.93. The molecular formula is C22H30N4O3. The summed E-state index contributed by atoms with van der Waals surface area (Å²) < 4.78 is 10.5. The van der Waals surface area contributed by atoms with E-state index in [1.165, 1.54) is 5.69 Å². The molecule has 2 aromatic rings. The molecule has 7 nitrogen and oxygen atoms in total. The van der Waals surface area contributed by atoms with Crippen LogP contribution in [0.1, 0.15) is 6.42 Å². The van der Waals surface area contributed by atoms with Crippen molar-refractivity contribution in [1.29, 1.82) is 0 Å². The summed E-state index contributed by atoms with van der Waals surface area (Å²) >= 11 is 0. The highest BCUT2D eigenvalue weighted by molar-refractivity contribution is 5.91. The average molecular weight is 399 g/mol. The highest BCUT2D eigenvalue weighted by Crippen LogP contribution is 2.29. The lowest BCUT2D eigenvalue weighted by molar-refractivity contribution is -0.115. The standard InChI is InChI=1S/C22H30N4O3/c1-25-12-14-26(15-13-25)19-7-4-17(5-8-19)24-22(27)10-11-23-18-6-9-20(28-2)21(16-18)29-3/h4-9,16,23H,10-15H2,1-3H3,(H,24,27). The number of rotatable bonds is 8. The maximum atomic E-state index is 12.2. The summed E-state index contributed by atoms with van der Waals surface area (Å²) in [5.74, 6) is 1.31. The number of ether oxygens (including phenoxy) is 2. The van der Waals surface area contributed by atoms with E-state index < -0.39 is 0 Å². The van der Waals surface area contributed by atoms with E-state index in [1.54, 1.807) is 14.2 Å². The van der Waals surface area contributed by atoms with Crippen molar-refractivity contribution in [3.63, 3.8) is 0 Å². The van der Waals surface area contributed by atoms with Gasteiger partial charge in [0.15, 0.2) is 11.5 Å². The van der Waals surface area contributed by atoms with Crippen LogP contribution < -0.4 is 25.0 Å². The number of piperazine rings is 1. The van der Waals surface area contributed by atoms with Crippen LogP contribution in [0.3, 0.4) is 0 Å². The molecule has 2 N–H and O–H groups in total. The fraction of sp³-hybridized carbons (Fsp3) is 0.409. The Morgan fingerprint density at radius 2 is 1.59 bits per heavy atom. The van der Waals surface area contributed by atoms with Crippen molar-refractivity contribution < 1.29 is 14.3 Å². The second kappa shape index (κ2) is 10.0. The SMILES string of the molecule is COc1ccc(NCCC(=O)Nc2ccc(N3CCN(C)CC3)cc2)cc1OC. The van der Waals surface area contributed by atoms with Crippen LogP contribution in [-0.4, -0.2) is 64.8 Å². The Morgan fingerprint density at radius 1 is 0.931 bits per heavy atom. The molecule has 0 aliphatic carbocycles. The van der Waals surface area contributed by atoms with E-state index in [0.29, 0.717) is 24.5 Å². The molecule has 7 heteroatoms. The maximum Gasteiger partial charge on any atom is 0.226 e. The van der Waals surface area contributed by atoms with Gasteiger partial charge in [-0.05, 0) is 43.4 Å². The van der Waals surface area contributed by atoms with Crippen molar-refractivity contribution in [1.82, 2.24) is 4.90 Å². The Bertz CT molecular complexity index is 802. The van der Waals surface area contributed by atoms with Crippen molar-refractivity contribution in [3.8, 4) is 11.5 Å². The van der Waals surface area contributed by atoms with Gasteiger partial charge in [0.2, 0.25) is 5.91 Å². The third kappa shape index (κ3) is 5.77. The van der Waals surface area contributed by atoms with Gasteiger partial charge in [-0.15, -0.1) is 0 Å². The normalized spacial score (nSPS) is 14.4. The Labute approximate surface area is 172 Å². The van der Waals surface area contributed by atoms with Crippen LogP contribution in [-0.2, 0) is 4.79 Å². The minimum Gasteiger partial charge on any atom is -0.493 e. The fourth-order valence-electron chi connectivity index (χ4n) is 3.31. The van der Waals surface area contributed by atoms with Crippen molar-refractivity contribution in [2.75, 3.05) is 69.5 Å². The largest absolute Gasteiger partial charge is 0.493 e. The zero-order valence-electron chi connectivity index (χ0n) is 17.4. The molecule has 3 rings (SSSR count). The van der Waals surface area contributed by atoms with Gasteiger partial charge in [-0.3, -0.25) is 4.79 Å². The second-order valence-corrected chi connectivity index (χ2v) is 7.13. The van der Waals surface area contributed by atoms with E-state index in [1.807, 2.05) is 30.3 Å². The molecule has 0 saturated carbocycles. The highest BCUT2D eigenvalue weighted by Gasteiger charge is 2.14. The molecule has 2 aromatic carbocycles. The van der Waals surface area contributed by atoms with Crippen molar-refractivity contribution in [3.05, 3.63) is 42.5 Å². The first-order valence-corrected chi connectivity index (χ1v) is 9.88. The molecule has 1 aliphatic heterocycles. The summed E-state index contributed by atoms with van der Waals surface area (Å²) in [6, 6.07) is 13.7. The quantitative estimate of drug-likeness (QED) is 0.713. The predicted molar refractivity (Wildman–Crippen MR) is 117 cm³/mol. The third-order valence-corrected chi connectivity index (χ3v) is 5.08. The molecule has 1 saturated heterocycles. The van der Waals surface area contributed by atoms with Crippen LogP contribution in [0, 0.1) is 0 Å². The van der Waals surface area contributed by atoms with Gasteiger partial charge in [0.05, 0.1) is 14.2 Å². The van der Waals surface area contributed by atoms with E-state index >= 15 is 0 Å². The van der Waals surface area contributed by atoms with Crippen LogP contribution in [0.15, 0.2) is 42.5 Å². The molecule has 0 unspecified atom stereocenters. The lowest BCUT2D eigenvalue weighted by Gasteiger charge is -2.34. The topological polar surface area (TPSA) is 66.1 Å². The zero-order valence-corrected chi connectivity index (χ0v) is 17.4. The molecule has 156 valence electrons. The predicted octanol–water partition coefficient (Wildman–Crippen LogP) is 2.90. The smallest absolute Gasteiger partial charge is 0.226 e. The number of hydrogen-bond donors (Lipinski definition) is 2. The third-order valence-electron chi connectivity index (χ3n) is 5.08. The van der Waals surface area contributed by atoms with Crippen molar-refractivity contribution in [2.24, 2.45) is 0 Å². The van der Waals surface area contributed by atoms with Gasteiger partial charge in [-0.25, -0.2) is 0 Å². The summed E-state index contributed by atoms with van der Waals surface area (Å²) in [6.45, 7) is 4.74. The maximum absolute atomic E-state index is 12.2. The molecule has 0 radical (unpaired) electrons. The monoisotopic (exact) mass is 398 g/mol. The molecule has 0 bridgehead atoms. The first-order valence-electron chi connectivity index (χ1n) is 9.88. The molecule has 0 atom stereocenters. The summed E-state index contributed by atoms with van der Waals surface area (Å²) in [4.78, 5) is 16.9. The van der Waals surface area contributed by atoms with Gasteiger partial charge in [0.1, 0.15) is 0 Å². The summed E-state index contributed by atoms with van der Waals surface area (Å²) in [7, 11) is 5.35. The van der Waals surface area contributed by atoms with Crippen LogP contribution in [0.2, 0.25) is 0 Å². The number of methoxy groups -OCH3 is 2. The number of anilines is 3. The molecule has 29 heavy (non-hydrogen) atoms. The minimum atomic E-state index is -0.0228. The number of hydrogen-bond acceptors (Lipinski definition) is 6. The number of carbonyl (C=O) groups excluding carboxylic acids is 1. The Kier molecular flexibility index (Phi) is 7.19. The molecular weight excluding hydrogens is 368 g/mol. The number of likely N-dealkylation sites (N-methyl/N-ethyl adjacent to an activating group) is 1. The summed E-state index contributed by atoms with van der Waals surface area (Å²) in [5, 5.41) is 6.19. The van der Waals surface area contributed by atoms with Gasteiger partial charge in [0, 0.05) is 62.3 Å². The van der Waals surface area contributed by atoms with E-state index in [4.69, 9.17) is 9.47 Å². The molecule has 0 aromatic heterocycles. The Morgan fingerprint density at radius 3 is 2.24 bits per heavy atom. The summed E-state index contributed by atoms with van der Waals surface area (Å²) in [6.07, 6.45) is 0.370. The lowest BCUT2D eigenvalue weighted by Crippen LogP contribution is -2.44. The zero-order chi connectivity index (χ0) is 20.6. The molecule has 1 fully saturated rings. The molecule has 1 aliphatic rings. The highest BCUT2D eigenvalue weighted by atomic mass is 16.5.